The van der Waals surface area contributed by atoms with E-state index in [1.54, 1.807) is 0 Å². The molecule has 0 aliphatic rings. The van der Waals surface area contributed by atoms with Gasteiger partial charge >= 0.3 is 0 Å². The molecule has 0 fully saturated rings. The second-order valence-corrected chi connectivity index (χ2v) is 4.51. The van der Waals surface area contributed by atoms with Crippen LogP contribution in [0.3, 0.4) is 0 Å². The molecule has 0 bridgehead atoms. The molecule has 0 aliphatic heterocycles. The first-order valence-corrected chi connectivity index (χ1v) is 6.42. The molecule has 2 rings (SSSR count). The maximum absolute atomic E-state index is 5.69. The second kappa shape index (κ2) is 6.34. The molecule has 94 valence electrons. The van der Waals surface area contributed by atoms with Crippen molar-refractivity contribution in [1.82, 2.24) is 5.43 Å². The van der Waals surface area contributed by atoms with E-state index in [0.29, 0.717) is 0 Å². The van der Waals surface area contributed by atoms with Crippen LogP contribution >= 0.6 is 0 Å². The summed E-state index contributed by atoms with van der Waals surface area (Å²) in [6, 6.07) is 19.2. The maximum Gasteiger partial charge on any atom is 0.0500 e. The Morgan fingerprint density at radius 2 is 1.72 bits per heavy atom. The molecule has 2 nitrogen and oxygen atoms in total. The van der Waals surface area contributed by atoms with Gasteiger partial charge in [0.2, 0.25) is 0 Å². The fourth-order valence-electron chi connectivity index (χ4n) is 2.15. The lowest BCUT2D eigenvalue weighted by Gasteiger charge is -2.17. The third kappa shape index (κ3) is 3.19. The fourth-order valence-corrected chi connectivity index (χ4v) is 2.15. The Labute approximate surface area is 109 Å². The molecule has 2 aromatic carbocycles. The number of nitrogens with one attached hydrogen (secondary N) is 1. The first-order chi connectivity index (χ1) is 8.83. The summed E-state index contributed by atoms with van der Waals surface area (Å²) < 4.78 is 0. The van der Waals surface area contributed by atoms with E-state index in [9.17, 15) is 0 Å². The molecule has 0 radical (unpaired) electrons. The predicted molar refractivity (Wildman–Crippen MR) is 76.0 cm³/mol. The van der Waals surface area contributed by atoms with Crippen LogP contribution in [0.25, 0.3) is 0 Å². The summed E-state index contributed by atoms with van der Waals surface area (Å²) in [4.78, 5) is 0. The highest BCUT2D eigenvalue weighted by molar-refractivity contribution is 5.28. The Balaban J connectivity index is 2.17. The zero-order valence-corrected chi connectivity index (χ0v) is 10.8. The summed E-state index contributed by atoms with van der Waals surface area (Å²) in [5, 5.41) is 0. The molecule has 0 aliphatic carbocycles. The SMILES string of the molecule is CCc1cccc(C(Cc2ccccc2)NN)c1. The predicted octanol–water partition coefficient (Wildman–Crippen LogP) is 3.00. The topological polar surface area (TPSA) is 38.0 Å². The van der Waals surface area contributed by atoms with Crippen molar-refractivity contribution < 1.29 is 0 Å². The van der Waals surface area contributed by atoms with Gasteiger partial charge in [-0.25, -0.2) is 0 Å². The Kier molecular flexibility index (Phi) is 4.51. The van der Waals surface area contributed by atoms with Gasteiger partial charge in [-0.3, -0.25) is 11.3 Å². The lowest BCUT2D eigenvalue weighted by atomic mass is 9.97. The van der Waals surface area contributed by atoms with Crippen LogP contribution in [-0.2, 0) is 12.8 Å². The minimum absolute atomic E-state index is 0.166. The zero-order chi connectivity index (χ0) is 12.8. The highest BCUT2D eigenvalue weighted by atomic mass is 15.2. The van der Waals surface area contributed by atoms with E-state index in [0.717, 1.165) is 12.8 Å². The second-order valence-electron chi connectivity index (χ2n) is 4.51. The van der Waals surface area contributed by atoms with Gasteiger partial charge in [-0.1, -0.05) is 61.5 Å². The van der Waals surface area contributed by atoms with Gasteiger partial charge in [0, 0.05) is 6.04 Å². The van der Waals surface area contributed by atoms with Crippen LogP contribution in [0.4, 0.5) is 0 Å². The number of hydrogen-bond donors (Lipinski definition) is 2. The molecule has 1 atom stereocenters. The van der Waals surface area contributed by atoms with E-state index in [1.807, 2.05) is 6.07 Å². The van der Waals surface area contributed by atoms with Crippen molar-refractivity contribution in [3.63, 3.8) is 0 Å². The van der Waals surface area contributed by atoms with Gasteiger partial charge in [0.25, 0.3) is 0 Å². The lowest BCUT2D eigenvalue weighted by Crippen LogP contribution is -2.29. The molecular weight excluding hydrogens is 220 g/mol. The number of nitrogens with two attached hydrogens (primary N) is 1. The quantitative estimate of drug-likeness (QED) is 0.623. The van der Waals surface area contributed by atoms with Gasteiger partial charge in [0.05, 0.1) is 0 Å². The first-order valence-electron chi connectivity index (χ1n) is 6.42. The van der Waals surface area contributed by atoms with E-state index in [1.165, 1.54) is 16.7 Å². The molecule has 3 N–H and O–H groups in total. The highest BCUT2D eigenvalue weighted by Crippen LogP contribution is 2.19. The van der Waals surface area contributed by atoms with E-state index >= 15 is 0 Å². The van der Waals surface area contributed by atoms with Crippen LogP contribution in [0.2, 0.25) is 0 Å². The number of hydrazine groups is 1. The van der Waals surface area contributed by atoms with E-state index in [-0.39, 0.29) is 6.04 Å². The minimum atomic E-state index is 0.166. The number of aryl methyl sites for hydroxylation is 1. The normalized spacial score (nSPS) is 12.3. The molecule has 0 spiro atoms. The van der Waals surface area contributed by atoms with Gasteiger partial charge in [-0.05, 0) is 29.5 Å². The molecule has 2 aromatic rings. The maximum atomic E-state index is 5.69. The van der Waals surface area contributed by atoms with Crippen LogP contribution in [0.15, 0.2) is 54.6 Å². The van der Waals surface area contributed by atoms with Crippen LogP contribution in [0.5, 0.6) is 0 Å². The zero-order valence-electron chi connectivity index (χ0n) is 10.8. The summed E-state index contributed by atoms with van der Waals surface area (Å²) in [5.41, 5.74) is 6.81. The third-order valence-corrected chi connectivity index (χ3v) is 3.25. The molecule has 0 saturated heterocycles. The van der Waals surface area contributed by atoms with Gasteiger partial charge < -0.3 is 0 Å². The Morgan fingerprint density at radius 3 is 2.39 bits per heavy atom. The van der Waals surface area contributed by atoms with Gasteiger partial charge in [0.15, 0.2) is 0 Å². The average Bonchev–Trinajstić information content (AvgIpc) is 2.46. The van der Waals surface area contributed by atoms with Gasteiger partial charge in [-0.2, -0.15) is 0 Å². The molecule has 0 saturated carbocycles. The van der Waals surface area contributed by atoms with Gasteiger partial charge in [0.1, 0.15) is 0 Å². The number of hydrogen-bond acceptors (Lipinski definition) is 2. The number of benzene rings is 2. The van der Waals surface area contributed by atoms with E-state index in [2.05, 4.69) is 60.9 Å². The summed E-state index contributed by atoms with van der Waals surface area (Å²) >= 11 is 0. The highest BCUT2D eigenvalue weighted by Gasteiger charge is 2.10. The molecule has 2 heteroatoms. The largest absolute Gasteiger partial charge is 0.271 e. The van der Waals surface area contributed by atoms with Crippen LogP contribution in [0, 0.1) is 0 Å². The van der Waals surface area contributed by atoms with Crippen molar-refractivity contribution in [2.75, 3.05) is 0 Å². The summed E-state index contributed by atoms with van der Waals surface area (Å²) in [6.45, 7) is 2.17. The van der Waals surface area contributed by atoms with Crippen LogP contribution < -0.4 is 11.3 Å². The average molecular weight is 240 g/mol. The van der Waals surface area contributed by atoms with E-state index in [4.69, 9.17) is 5.84 Å². The number of rotatable bonds is 5. The molecule has 0 aromatic heterocycles. The van der Waals surface area contributed by atoms with Crippen molar-refractivity contribution in [3.8, 4) is 0 Å². The van der Waals surface area contributed by atoms with Crippen molar-refractivity contribution >= 4 is 0 Å². The lowest BCUT2D eigenvalue weighted by molar-refractivity contribution is 0.551. The van der Waals surface area contributed by atoms with Crippen molar-refractivity contribution in [1.29, 1.82) is 0 Å². The van der Waals surface area contributed by atoms with E-state index < -0.39 is 0 Å². The summed E-state index contributed by atoms with van der Waals surface area (Å²) in [6.07, 6.45) is 1.96. The monoisotopic (exact) mass is 240 g/mol. The van der Waals surface area contributed by atoms with Gasteiger partial charge in [-0.15, -0.1) is 0 Å². The molecule has 0 amide bonds. The van der Waals surface area contributed by atoms with Crippen molar-refractivity contribution in [2.24, 2.45) is 5.84 Å². The van der Waals surface area contributed by atoms with Crippen LogP contribution in [0.1, 0.15) is 29.7 Å². The Hall–Kier alpha value is -1.64. The van der Waals surface area contributed by atoms with Crippen molar-refractivity contribution in [2.45, 2.75) is 25.8 Å². The molecule has 1 unspecified atom stereocenters. The molecular formula is C16H20N2. The Bertz CT molecular complexity index is 479. The van der Waals surface area contributed by atoms with Crippen LogP contribution in [-0.4, -0.2) is 0 Å². The third-order valence-electron chi connectivity index (χ3n) is 3.25. The Morgan fingerprint density at radius 1 is 1.00 bits per heavy atom. The molecule has 18 heavy (non-hydrogen) atoms. The standard InChI is InChI=1S/C16H20N2/c1-2-13-9-6-10-15(11-13)16(18-17)12-14-7-4-3-5-8-14/h3-11,16,18H,2,12,17H2,1H3. The first kappa shape index (κ1) is 12.8. The minimum Gasteiger partial charge on any atom is -0.271 e. The smallest absolute Gasteiger partial charge is 0.0500 e. The summed E-state index contributed by atoms with van der Waals surface area (Å²) in [5.74, 6) is 5.69. The van der Waals surface area contributed by atoms with Crippen molar-refractivity contribution in [3.05, 3.63) is 71.3 Å². The summed E-state index contributed by atoms with van der Waals surface area (Å²) in [7, 11) is 0. The molecule has 0 heterocycles. The fraction of sp³-hybridized carbons (Fsp3) is 0.250.